The molecule has 4 unspecified atom stereocenters. The van der Waals surface area contributed by atoms with Gasteiger partial charge in [-0.1, -0.05) is 6.42 Å². The fraction of sp³-hybridized carbons (Fsp3) is 0.846. The molecule has 5 nitrogen and oxygen atoms in total. The molecule has 0 aliphatic heterocycles. The smallest absolute Gasteiger partial charge is 0.326 e. The van der Waals surface area contributed by atoms with Gasteiger partial charge in [0.2, 0.25) is 0 Å². The van der Waals surface area contributed by atoms with E-state index in [9.17, 15) is 9.59 Å². The number of hydrogen-bond donors (Lipinski definition) is 3. The third-order valence-corrected chi connectivity index (χ3v) is 4.70. The van der Waals surface area contributed by atoms with Crippen molar-refractivity contribution in [2.45, 2.75) is 50.6 Å². The van der Waals surface area contributed by atoms with Crippen LogP contribution in [0, 0.1) is 17.8 Å². The van der Waals surface area contributed by atoms with Crippen LogP contribution in [0.2, 0.25) is 0 Å². The number of fused-ring (bicyclic) bond motifs is 2. The van der Waals surface area contributed by atoms with Crippen molar-refractivity contribution < 1.29 is 14.7 Å². The first-order valence-corrected chi connectivity index (χ1v) is 6.93. The van der Waals surface area contributed by atoms with E-state index in [2.05, 4.69) is 10.6 Å². The fourth-order valence-electron chi connectivity index (χ4n) is 3.58. The number of carbonyl (C=O) groups excluding carboxylic acids is 1. The molecule has 0 aromatic rings. The van der Waals surface area contributed by atoms with Crippen LogP contribution in [-0.2, 0) is 4.79 Å². The Balaban J connectivity index is 1.50. The van der Waals surface area contributed by atoms with E-state index in [1.165, 1.54) is 19.3 Å². The lowest BCUT2D eigenvalue weighted by Crippen LogP contribution is -2.51. The second kappa shape index (κ2) is 4.44. The zero-order valence-corrected chi connectivity index (χ0v) is 10.4. The molecule has 2 amide bonds. The minimum absolute atomic E-state index is 0.133. The van der Waals surface area contributed by atoms with Crippen molar-refractivity contribution in [3.63, 3.8) is 0 Å². The molecule has 100 valence electrons. The van der Waals surface area contributed by atoms with Gasteiger partial charge in [0.1, 0.15) is 6.04 Å². The summed E-state index contributed by atoms with van der Waals surface area (Å²) in [5, 5.41) is 14.6. The zero-order chi connectivity index (χ0) is 12.7. The van der Waals surface area contributed by atoms with Gasteiger partial charge >= 0.3 is 12.0 Å². The molecular weight excluding hydrogens is 232 g/mol. The predicted octanol–water partition coefficient (Wildman–Crippen LogP) is 1.34. The lowest BCUT2D eigenvalue weighted by molar-refractivity contribution is -0.139. The van der Waals surface area contributed by atoms with Gasteiger partial charge < -0.3 is 15.7 Å². The Labute approximate surface area is 106 Å². The third-order valence-electron chi connectivity index (χ3n) is 4.70. The SMILES string of the molecule is O=C(NC1CC2CCC1C2)NC(C(=O)O)C1CC1. The maximum atomic E-state index is 11.8. The predicted molar refractivity (Wildman–Crippen MR) is 65.1 cm³/mol. The van der Waals surface area contributed by atoms with Gasteiger partial charge in [-0.05, 0) is 49.9 Å². The minimum Gasteiger partial charge on any atom is -0.480 e. The largest absolute Gasteiger partial charge is 0.480 e. The van der Waals surface area contributed by atoms with Crippen LogP contribution >= 0.6 is 0 Å². The van der Waals surface area contributed by atoms with E-state index in [4.69, 9.17) is 5.11 Å². The average molecular weight is 252 g/mol. The topological polar surface area (TPSA) is 78.4 Å². The monoisotopic (exact) mass is 252 g/mol. The van der Waals surface area contributed by atoms with E-state index in [1.54, 1.807) is 0 Å². The molecule has 3 rings (SSSR count). The van der Waals surface area contributed by atoms with Crippen LogP contribution in [0.3, 0.4) is 0 Å². The van der Waals surface area contributed by atoms with Crippen molar-refractivity contribution in [3.05, 3.63) is 0 Å². The molecule has 3 fully saturated rings. The number of nitrogens with one attached hydrogen (secondary N) is 2. The van der Waals surface area contributed by atoms with Gasteiger partial charge in [0, 0.05) is 6.04 Å². The maximum absolute atomic E-state index is 11.8. The summed E-state index contributed by atoms with van der Waals surface area (Å²) in [4.78, 5) is 22.9. The number of carboxylic acids is 1. The number of aliphatic carboxylic acids is 1. The molecule has 0 heterocycles. The van der Waals surface area contributed by atoms with Gasteiger partial charge in [0.25, 0.3) is 0 Å². The van der Waals surface area contributed by atoms with Gasteiger partial charge in [-0.3, -0.25) is 0 Å². The van der Waals surface area contributed by atoms with E-state index >= 15 is 0 Å². The first kappa shape index (κ1) is 11.8. The summed E-state index contributed by atoms with van der Waals surface area (Å²) in [5.41, 5.74) is 0. The van der Waals surface area contributed by atoms with Crippen LogP contribution in [0.4, 0.5) is 4.79 Å². The summed E-state index contributed by atoms with van der Waals surface area (Å²) < 4.78 is 0. The van der Waals surface area contributed by atoms with Crippen LogP contribution < -0.4 is 10.6 Å². The molecule has 0 spiro atoms. The summed E-state index contributed by atoms with van der Waals surface area (Å²) in [6.45, 7) is 0. The lowest BCUT2D eigenvalue weighted by Gasteiger charge is -2.24. The summed E-state index contributed by atoms with van der Waals surface area (Å²) in [6.07, 6.45) is 6.62. The van der Waals surface area contributed by atoms with E-state index in [0.717, 1.165) is 25.2 Å². The van der Waals surface area contributed by atoms with Gasteiger partial charge in [0.05, 0.1) is 0 Å². The first-order valence-electron chi connectivity index (χ1n) is 6.93. The number of urea groups is 1. The van der Waals surface area contributed by atoms with Crippen LogP contribution in [-0.4, -0.2) is 29.2 Å². The Morgan fingerprint density at radius 1 is 1.11 bits per heavy atom. The van der Waals surface area contributed by atoms with Crippen molar-refractivity contribution in [3.8, 4) is 0 Å². The van der Waals surface area contributed by atoms with Crippen LogP contribution in [0.15, 0.2) is 0 Å². The second-order valence-corrected chi connectivity index (χ2v) is 6.05. The number of amides is 2. The Morgan fingerprint density at radius 2 is 1.89 bits per heavy atom. The molecule has 3 aliphatic carbocycles. The summed E-state index contributed by atoms with van der Waals surface area (Å²) >= 11 is 0. The molecule has 3 N–H and O–H groups in total. The first-order chi connectivity index (χ1) is 8.63. The Kier molecular flexibility index (Phi) is 2.92. The van der Waals surface area contributed by atoms with Crippen LogP contribution in [0.25, 0.3) is 0 Å². The Bertz CT molecular complexity index is 367. The number of carboxylic acid groups (broad SMARTS) is 1. The summed E-state index contributed by atoms with van der Waals surface area (Å²) in [7, 11) is 0. The van der Waals surface area contributed by atoms with Crippen molar-refractivity contribution >= 4 is 12.0 Å². The number of hydrogen-bond acceptors (Lipinski definition) is 2. The molecular formula is C13H20N2O3. The highest BCUT2D eigenvalue weighted by Crippen LogP contribution is 2.44. The lowest BCUT2D eigenvalue weighted by atomic mass is 9.95. The van der Waals surface area contributed by atoms with E-state index < -0.39 is 12.0 Å². The van der Waals surface area contributed by atoms with Gasteiger partial charge in [0.15, 0.2) is 0 Å². The van der Waals surface area contributed by atoms with Crippen molar-refractivity contribution in [1.82, 2.24) is 10.6 Å². The van der Waals surface area contributed by atoms with Gasteiger partial charge in [-0.2, -0.15) is 0 Å². The van der Waals surface area contributed by atoms with Crippen molar-refractivity contribution in [2.24, 2.45) is 17.8 Å². The van der Waals surface area contributed by atoms with Gasteiger partial charge in [-0.15, -0.1) is 0 Å². The number of rotatable bonds is 4. The van der Waals surface area contributed by atoms with Crippen LogP contribution in [0.5, 0.6) is 0 Å². The average Bonchev–Trinajstić information content (AvgIpc) is 2.95. The van der Waals surface area contributed by atoms with Crippen molar-refractivity contribution in [2.75, 3.05) is 0 Å². The number of carbonyl (C=O) groups is 2. The second-order valence-electron chi connectivity index (χ2n) is 6.05. The molecule has 0 saturated heterocycles. The van der Waals surface area contributed by atoms with E-state index in [1.807, 2.05) is 0 Å². The zero-order valence-electron chi connectivity index (χ0n) is 10.4. The molecule has 5 heteroatoms. The highest BCUT2D eigenvalue weighted by atomic mass is 16.4. The molecule has 3 saturated carbocycles. The molecule has 0 aromatic heterocycles. The Hall–Kier alpha value is -1.26. The van der Waals surface area contributed by atoms with E-state index in [0.29, 0.717) is 5.92 Å². The molecule has 3 aliphatic rings. The fourth-order valence-corrected chi connectivity index (χ4v) is 3.58. The summed E-state index contributed by atoms with van der Waals surface area (Å²) in [5.74, 6) is 0.609. The highest BCUT2D eigenvalue weighted by Gasteiger charge is 2.41. The van der Waals surface area contributed by atoms with Crippen molar-refractivity contribution in [1.29, 1.82) is 0 Å². The highest BCUT2D eigenvalue weighted by molar-refractivity contribution is 5.83. The minimum atomic E-state index is -0.916. The molecule has 0 radical (unpaired) electrons. The molecule has 4 atom stereocenters. The molecule has 0 aromatic carbocycles. The van der Waals surface area contributed by atoms with Gasteiger partial charge in [-0.25, -0.2) is 9.59 Å². The molecule has 18 heavy (non-hydrogen) atoms. The Morgan fingerprint density at radius 3 is 2.39 bits per heavy atom. The normalized spacial score (nSPS) is 35.2. The van der Waals surface area contributed by atoms with Crippen LogP contribution in [0.1, 0.15) is 38.5 Å². The third kappa shape index (κ3) is 2.31. The standard InChI is InChI=1S/C13H20N2O3/c16-12(17)11(8-3-4-8)15-13(18)14-10-6-7-1-2-9(10)5-7/h7-11H,1-6H2,(H,16,17)(H2,14,15,18). The quantitative estimate of drug-likeness (QED) is 0.706. The molecule has 2 bridgehead atoms. The summed E-state index contributed by atoms with van der Waals surface area (Å²) in [6, 6.07) is -0.743. The maximum Gasteiger partial charge on any atom is 0.326 e. The van der Waals surface area contributed by atoms with E-state index in [-0.39, 0.29) is 18.0 Å².